The number of rotatable bonds is 4. The number of amides is 2. The molecule has 0 spiro atoms. The van der Waals surface area contributed by atoms with Crippen molar-refractivity contribution in [2.45, 2.75) is 11.8 Å². The molecule has 0 aliphatic rings. The molecule has 7 nitrogen and oxygen atoms in total. The van der Waals surface area contributed by atoms with Crippen LogP contribution in [0.5, 0.6) is 0 Å². The lowest BCUT2D eigenvalue weighted by Crippen LogP contribution is -2.13. The molecule has 0 saturated heterocycles. The first-order valence-electron chi connectivity index (χ1n) is 5.20. The van der Waals surface area contributed by atoms with Gasteiger partial charge in [0.2, 0.25) is 15.7 Å². The van der Waals surface area contributed by atoms with Gasteiger partial charge in [-0.15, -0.1) is 0 Å². The quantitative estimate of drug-likeness (QED) is 0.783. The Balaban J connectivity index is 3.11. The molecule has 0 aliphatic carbocycles. The first-order chi connectivity index (χ1) is 9.20. The molecule has 0 bridgehead atoms. The fourth-order valence-electron chi connectivity index (χ4n) is 1.28. The monoisotopic (exact) mass is 318 g/mol. The predicted octanol–water partition coefficient (Wildman–Crippen LogP) is 1.81. The van der Waals surface area contributed by atoms with Crippen molar-refractivity contribution in [3.8, 4) is 0 Å². The molecule has 20 heavy (non-hydrogen) atoms. The Labute approximate surface area is 120 Å². The Hall–Kier alpha value is -2.06. The zero-order valence-corrected chi connectivity index (χ0v) is 11.8. The highest BCUT2D eigenvalue weighted by atomic mass is 35.5. The number of benzene rings is 1. The fourth-order valence-corrected chi connectivity index (χ4v) is 2.56. The molecule has 0 atom stereocenters. The highest BCUT2D eigenvalue weighted by molar-refractivity contribution is 7.94. The van der Waals surface area contributed by atoms with Gasteiger partial charge in [0.25, 0.3) is 0 Å². The maximum atomic E-state index is 11.9. The highest BCUT2D eigenvalue weighted by Crippen LogP contribution is 2.23. The van der Waals surface area contributed by atoms with E-state index >= 15 is 0 Å². The van der Waals surface area contributed by atoms with E-state index in [9.17, 15) is 18.0 Å². The number of nitrogens with one attached hydrogen (secondary N) is 2. The van der Waals surface area contributed by atoms with Crippen LogP contribution in [-0.2, 0) is 14.6 Å². The number of hydrogen-bond donors (Lipinski definition) is 3. The minimum absolute atomic E-state index is 0.120. The summed E-state index contributed by atoms with van der Waals surface area (Å²) in [5.74, 6) is -0.376. The van der Waals surface area contributed by atoms with E-state index in [1.807, 2.05) is 0 Å². The molecule has 0 unspecified atom stereocenters. The van der Waals surface area contributed by atoms with Crippen LogP contribution in [-0.4, -0.2) is 25.5 Å². The van der Waals surface area contributed by atoms with E-state index in [2.05, 4.69) is 5.32 Å². The Morgan fingerprint density at radius 2 is 1.95 bits per heavy atom. The second-order valence-corrected chi connectivity index (χ2v) is 5.92. The van der Waals surface area contributed by atoms with Crippen LogP contribution in [0.4, 0.5) is 10.5 Å². The number of carbonyl (C=O) groups excluding carboxylic acids is 1. The Morgan fingerprint density at radius 3 is 2.50 bits per heavy atom. The predicted molar refractivity (Wildman–Crippen MR) is 73.2 cm³/mol. The van der Waals surface area contributed by atoms with E-state index in [1.165, 1.54) is 25.1 Å². The highest BCUT2D eigenvalue weighted by Gasteiger charge is 2.13. The number of carboxylic acid groups (broad SMARTS) is 1. The molecule has 1 aromatic rings. The number of hydrogen-bond acceptors (Lipinski definition) is 4. The van der Waals surface area contributed by atoms with Crippen molar-refractivity contribution in [3.05, 3.63) is 34.8 Å². The smallest absolute Gasteiger partial charge is 0.408 e. The number of sulfone groups is 1. The molecule has 0 aromatic heterocycles. The summed E-state index contributed by atoms with van der Waals surface area (Å²) in [6.45, 7) is 1.27. The molecule has 1 rings (SSSR count). The van der Waals surface area contributed by atoms with Crippen LogP contribution in [0, 0.1) is 0 Å². The van der Waals surface area contributed by atoms with Crippen LogP contribution in [0.15, 0.2) is 34.7 Å². The third kappa shape index (κ3) is 4.90. The van der Waals surface area contributed by atoms with Crippen LogP contribution >= 0.6 is 11.6 Å². The molecule has 2 amide bonds. The average molecular weight is 319 g/mol. The minimum Gasteiger partial charge on any atom is -0.465 e. The second-order valence-electron chi connectivity index (χ2n) is 3.65. The van der Waals surface area contributed by atoms with Gasteiger partial charge in [-0.3, -0.25) is 10.1 Å². The SMILES string of the molecule is CC(=O)Nc1cc(Cl)cc(S(=O)(=O)C=CNC(=O)O)c1. The van der Waals surface area contributed by atoms with Crippen LogP contribution in [0.3, 0.4) is 0 Å². The van der Waals surface area contributed by atoms with Gasteiger partial charge in [-0.2, -0.15) is 0 Å². The normalized spacial score (nSPS) is 11.3. The van der Waals surface area contributed by atoms with Gasteiger partial charge >= 0.3 is 6.09 Å². The third-order valence-corrected chi connectivity index (χ3v) is 3.58. The van der Waals surface area contributed by atoms with Gasteiger partial charge in [0.05, 0.1) is 10.3 Å². The first-order valence-corrected chi connectivity index (χ1v) is 7.12. The molecule has 0 radical (unpaired) electrons. The Kier molecular flexibility index (Phi) is 5.12. The van der Waals surface area contributed by atoms with E-state index in [0.29, 0.717) is 5.41 Å². The molecule has 0 fully saturated rings. The van der Waals surface area contributed by atoms with E-state index in [4.69, 9.17) is 16.7 Å². The zero-order valence-electron chi connectivity index (χ0n) is 10.3. The molecular weight excluding hydrogens is 308 g/mol. The van der Waals surface area contributed by atoms with E-state index in [1.54, 1.807) is 5.32 Å². The number of carbonyl (C=O) groups is 2. The van der Waals surface area contributed by atoms with Gasteiger partial charge in [0.15, 0.2) is 0 Å². The Morgan fingerprint density at radius 1 is 1.30 bits per heavy atom. The van der Waals surface area contributed by atoms with Crippen molar-refractivity contribution in [2.24, 2.45) is 0 Å². The maximum absolute atomic E-state index is 11.9. The van der Waals surface area contributed by atoms with Crippen molar-refractivity contribution >= 4 is 39.1 Å². The van der Waals surface area contributed by atoms with Gasteiger partial charge < -0.3 is 10.4 Å². The van der Waals surface area contributed by atoms with Gasteiger partial charge in [0, 0.05) is 23.8 Å². The maximum Gasteiger partial charge on any atom is 0.408 e. The third-order valence-electron chi connectivity index (χ3n) is 1.97. The van der Waals surface area contributed by atoms with Gasteiger partial charge in [0.1, 0.15) is 0 Å². The standard InChI is InChI=1S/C11H11ClN2O5S/c1-7(15)14-9-4-8(12)5-10(6-9)20(18,19)3-2-13-11(16)17/h2-6,13H,1H3,(H,14,15)(H,16,17). The molecule has 1 aromatic carbocycles. The minimum atomic E-state index is -3.88. The summed E-state index contributed by atoms with van der Waals surface area (Å²) in [5, 5.41) is 13.3. The molecular formula is C11H11ClN2O5S. The van der Waals surface area contributed by atoms with Crippen LogP contribution in [0.1, 0.15) is 6.92 Å². The van der Waals surface area contributed by atoms with Crippen molar-refractivity contribution in [3.63, 3.8) is 0 Å². The van der Waals surface area contributed by atoms with Crippen LogP contribution in [0.2, 0.25) is 5.02 Å². The summed E-state index contributed by atoms with van der Waals surface area (Å²) in [7, 11) is -3.88. The lowest BCUT2D eigenvalue weighted by molar-refractivity contribution is -0.114. The fraction of sp³-hybridized carbons (Fsp3) is 0.0909. The zero-order chi connectivity index (χ0) is 15.3. The summed E-state index contributed by atoms with van der Waals surface area (Å²) >= 11 is 5.77. The summed E-state index contributed by atoms with van der Waals surface area (Å²) < 4.78 is 23.8. The molecule has 0 aliphatic heterocycles. The van der Waals surface area contributed by atoms with Gasteiger partial charge in [-0.25, -0.2) is 13.2 Å². The van der Waals surface area contributed by atoms with E-state index in [-0.39, 0.29) is 21.5 Å². The first kappa shape index (κ1) is 16.0. The number of anilines is 1. The van der Waals surface area contributed by atoms with Crippen molar-refractivity contribution in [1.82, 2.24) is 5.32 Å². The Bertz CT molecular complexity index is 669. The number of halogens is 1. The average Bonchev–Trinajstić information content (AvgIpc) is 2.26. The molecule has 3 N–H and O–H groups in total. The topological polar surface area (TPSA) is 113 Å². The second kappa shape index (κ2) is 6.40. The van der Waals surface area contributed by atoms with Crippen molar-refractivity contribution in [1.29, 1.82) is 0 Å². The van der Waals surface area contributed by atoms with E-state index < -0.39 is 15.9 Å². The van der Waals surface area contributed by atoms with Crippen molar-refractivity contribution < 1.29 is 23.1 Å². The molecule has 0 saturated carbocycles. The van der Waals surface area contributed by atoms with E-state index in [0.717, 1.165) is 6.20 Å². The van der Waals surface area contributed by atoms with Crippen LogP contribution < -0.4 is 10.6 Å². The molecule has 0 heterocycles. The van der Waals surface area contributed by atoms with Gasteiger partial charge in [-0.1, -0.05) is 11.6 Å². The summed E-state index contributed by atoms with van der Waals surface area (Å²) in [4.78, 5) is 21.0. The van der Waals surface area contributed by atoms with Crippen molar-refractivity contribution in [2.75, 3.05) is 5.32 Å². The molecule has 108 valence electrons. The largest absolute Gasteiger partial charge is 0.465 e. The molecule has 9 heteroatoms. The lowest BCUT2D eigenvalue weighted by Gasteiger charge is -2.06. The van der Waals surface area contributed by atoms with Crippen LogP contribution in [0.25, 0.3) is 0 Å². The summed E-state index contributed by atoms with van der Waals surface area (Å²) in [5.41, 5.74) is 0.225. The lowest BCUT2D eigenvalue weighted by atomic mass is 10.3. The summed E-state index contributed by atoms with van der Waals surface area (Å²) in [6, 6.07) is 3.79. The summed E-state index contributed by atoms with van der Waals surface area (Å²) in [6.07, 6.45) is -0.613. The van der Waals surface area contributed by atoms with Gasteiger partial charge in [-0.05, 0) is 18.2 Å².